The zero-order chi connectivity index (χ0) is 32.6. The first-order valence-electron chi connectivity index (χ1n) is 13.7. The molecule has 0 atom stereocenters. The Balaban J connectivity index is 0.000000591. The Bertz CT molecular complexity index is 1760. The molecule has 0 aliphatic carbocycles. The molecule has 1 aliphatic rings. The van der Waals surface area contributed by atoms with Gasteiger partial charge in [0.15, 0.2) is 0 Å². The number of carbonyl (C=O) groups excluding carboxylic acids is 2. The van der Waals surface area contributed by atoms with Crippen molar-refractivity contribution in [2.45, 2.75) is 23.9 Å². The second-order valence-electron chi connectivity index (χ2n) is 10.0. The standard InChI is InChI=1S/C29H28N4O4S.C2HF3O2/c34-27(21-22-7-2-1-3-8-22)32-17-6-18-33(20-19-32)29(35)24-12-14-25(15-13-24)31-38(36,37)26-11-4-9-23-10-5-16-30-28(23)26;3-2(4,5)1(6)7/h1-5,7-16,31H,6,17-21H2;(H,6,7). The number of nitrogens with zero attached hydrogens (tertiary/aromatic N) is 3. The van der Waals surface area contributed by atoms with E-state index in [1.807, 2.05) is 47.4 Å². The lowest BCUT2D eigenvalue weighted by atomic mass is 10.1. The van der Waals surface area contributed by atoms with Crippen LogP contribution in [0.4, 0.5) is 18.9 Å². The third-order valence-electron chi connectivity index (χ3n) is 6.85. The van der Waals surface area contributed by atoms with Gasteiger partial charge in [-0.05, 0) is 48.4 Å². The normalized spacial score (nSPS) is 13.8. The third-order valence-corrected chi connectivity index (χ3v) is 8.26. The summed E-state index contributed by atoms with van der Waals surface area (Å²) in [6.07, 6.45) is -2.48. The zero-order valence-corrected chi connectivity index (χ0v) is 24.6. The van der Waals surface area contributed by atoms with Gasteiger partial charge in [-0.2, -0.15) is 13.2 Å². The van der Waals surface area contributed by atoms with E-state index in [9.17, 15) is 31.2 Å². The van der Waals surface area contributed by atoms with E-state index in [1.165, 1.54) is 6.07 Å². The summed E-state index contributed by atoms with van der Waals surface area (Å²) in [5.41, 5.74) is 2.18. The lowest BCUT2D eigenvalue weighted by Gasteiger charge is -2.22. The molecule has 2 heterocycles. The topological polar surface area (TPSA) is 137 Å². The number of carboxylic acids is 1. The van der Waals surface area contributed by atoms with Gasteiger partial charge < -0.3 is 14.9 Å². The minimum absolute atomic E-state index is 0.0588. The second kappa shape index (κ2) is 14.2. The van der Waals surface area contributed by atoms with Crippen LogP contribution in [0.5, 0.6) is 0 Å². The fourth-order valence-electron chi connectivity index (χ4n) is 4.62. The Morgan fingerprint density at radius 3 is 2.11 bits per heavy atom. The number of hydrogen-bond acceptors (Lipinski definition) is 6. The largest absolute Gasteiger partial charge is 0.490 e. The summed E-state index contributed by atoms with van der Waals surface area (Å²) in [5.74, 6) is -2.84. The SMILES string of the molecule is O=C(Cc1ccccc1)N1CCCN(C(=O)c2ccc(NS(=O)(=O)c3cccc4cccnc34)cc2)CC1.O=C(O)C(F)(F)F. The number of alkyl halides is 3. The Morgan fingerprint density at radius 1 is 0.822 bits per heavy atom. The Morgan fingerprint density at radius 2 is 1.44 bits per heavy atom. The van der Waals surface area contributed by atoms with Gasteiger partial charge in [0.2, 0.25) is 5.91 Å². The number of hydrogen-bond donors (Lipinski definition) is 2. The quantitative estimate of drug-likeness (QED) is 0.314. The molecule has 1 aromatic heterocycles. The molecule has 236 valence electrons. The number of sulfonamides is 1. The molecular weight excluding hydrogens is 613 g/mol. The van der Waals surface area contributed by atoms with Crippen molar-refractivity contribution in [3.05, 3.63) is 102 Å². The molecular formula is C31H29F3N4O6S. The van der Waals surface area contributed by atoms with Gasteiger partial charge in [-0.1, -0.05) is 48.5 Å². The number of carboxylic acid groups (broad SMARTS) is 1. The second-order valence-corrected chi connectivity index (χ2v) is 11.7. The van der Waals surface area contributed by atoms with Crippen molar-refractivity contribution in [3.8, 4) is 0 Å². The molecule has 4 aromatic rings. The molecule has 2 N–H and O–H groups in total. The fourth-order valence-corrected chi connectivity index (χ4v) is 5.86. The van der Waals surface area contributed by atoms with Crippen molar-refractivity contribution in [2.24, 2.45) is 0 Å². The monoisotopic (exact) mass is 642 g/mol. The van der Waals surface area contributed by atoms with Crippen LogP contribution >= 0.6 is 0 Å². The Hall–Kier alpha value is -4.98. The van der Waals surface area contributed by atoms with Crippen molar-refractivity contribution in [2.75, 3.05) is 30.9 Å². The van der Waals surface area contributed by atoms with Crippen LogP contribution in [0.2, 0.25) is 0 Å². The maximum absolute atomic E-state index is 13.2. The van der Waals surface area contributed by atoms with Gasteiger partial charge in [0.25, 0.3) is 15.9 Å². The molecule has 1 fully saturated rings. The minimum atomic E-state index is -5.08. The number of benzene rings is 3. The average molecular weight is 643 g/mol. The van der Waals surface area contributed by atoms with Crippen LogP contribution in [0, 0.1) is 0 Å². The lowest BCUT2D eigenvalue weighted by molar-refractivity contribution is -0.192. The molecule has 0 bridgehead atoms. The number of amides is 2. The van der Waals surface area contributed by atoms with E-state index in [-0.39, 0.29) is 16.7 Å². The molecule has 1 saturated heterocycles. The van der Waals surface area contributed by atoms with Crippen molar-refractivity contribution in [3.63, 3.8) is 0 Å². The summed E-state index contributed by atoms with van der Waals surface area (Å²) in [4.78, 5) is 42.7. The van der Waals surface area contributed by atoms with Crippen molar-refractivity contribution < 1.29 is 41.1 Å². The first kappa shape index (κ1) is 32.9. The number of anilines is 1. The third kappa shape index (κ3) is 8.79. The molecule has 0 spiro atoms. The summed E-state index contributed by atoms with van der Waals surface area (Å²) in [5, 5.41) is 7.86. The van der Waals surface area contributed by atoms with Gasteiger partial charge in [-0.25, -0.2) is 13.2 Å². The smallest absolute Gasteiger partial charge is 0.475 e. The highest BCUT2D eigenvalue weighted by molar-refractivity contribution is 7.93. The average Bonchev–Trinajstić information content (AvgIpc) is 3.28. The highest BCUT2D eigenvalue weighted by Gasteiger charge is 2.38. The number of pyridine rings is 1. The van der Waals surface area contributed by atoms with Crippen molar-refractivity contribution in [1.29, 1.82) is 0 Å². The summed E-state index contributed by atoms with van der Waals surface area (Å²) in [6, 6.07) is 24.6. The summed E-state index contributed by atoms with van der Waals surface area (Å²) >= 11 is 0. The van der Waals surface area contributed by atoms with Crippen LogP contribution in [-0.4, -0.2) is 78.4 Å². The molecule has 0 unspecified atom stereocenters. The molecule has 5 rings (SSSR count). The van der Waals surface area contributed by atoms with Crippen LogP contribution in [0.1, 0.15) is 22.3 Å². The summed E-state index contributed by atoms with van der Waals surface area (Å²) in [6.45, 7) is 2.09. The summed E-state index contributed by atoms with van der Waals surface area (Å²) < 4.78 is 60.4. The van der Waals surface area contributed by atoms with E-state index >= 15 is 0 Å². The van der Waals surface area contributed by atoms with Crippen LogP contribution in [0.3, 0.4) is 0 Å². The van der Waals surface area contributed by atoms with E-state index in [0.29, 0.717) is 55.8 Å². The van der Waals surface area contributed by atoms with Gasteiger partial charge in [0.1, 0.15) is 4.90 Å². The van der Waals surface area contributed by atoms with Crippen LogP contribution in [0.25, 0.3) is 10.9 Å². The molecule has 1 aliphatic heterocycles. The highest BCUT2D eigenvalue weighted by atomic mass is 32.2. The first-order valence-corrected chi connectivity index (χ1v) is 15.2. The predicted molar refractivity (Wildman–Crippen MR) is 160 cm³/mol. The number of aliphatic carboxylic acids is 1. The van der Waals surface area contributed by atoms with E-state index in [4.69, 9.17) is 9.90 Å². The molecule has 10 nitrogen and oxygen atoms in total. The molecule has 0 saturated carbocycles. The molecule has 45 heavy (non-hydrogen) atoms. The van der Waals surface area contributed by atoms with E-state index in [2.05, 4.69) is 9.71 Å². The van der Waals surface area contributed by atoms with Gasteiger partial charge in [0, 0.05) is 49.0 Å². The Kier molecular flexibility index (Phi) is 10.4. The molecule has 2 amide bonds. The number of nitrogens with one attached hydrogen (secondary N) is 1. The van der Waals surface area contributed by atoms with Gasteiger partial charge in [0.05, 0.1) is 11.9 Å². The zero-order valence-electron chi connectivity index (χ0n) is 23.8. The van der Waals surface area contributed by atoms with Gasteiger partial charge in [-0.15, -0.1) is 0 Å². The van der Waals surface area contributed by atoms with Crippen LogP contribution in [0.15, 0.2) is 96.0 Å². The van der Waals surface area contributed by atoms with Crippen LogP contribution < -0.4 is 4.72 Å². The number of halogens is 3. The number of rotatable bonds is 6. The minimum Gasteiger partial charge on any atom is -0.475 e. The van der Waals surface area contributed by atoms with Crippen LogP contribution in [-0.2, 0) is 26.0 Å². The number of para-hydroxylation sites is 1. The van der Waals surface area contributed by atoms with Crippen molar-refractivity contribution in [1.82, 2.24) is 14.8 Å². The maximum Gasteiger partial charge on any atom is 0.490 e. The number of fused-ring (bicyclic) bond motifs is 1. The molecule has 14 heteroatoms. The Labute approximate surface area is 257 Å². The lowest BCUT2D eigenvalue weighted by Crippen LogP contribution is -2.38. The predicted octanol–water partition coefficient (Wildman–Crippen LogP) is 4.59. The van der Waals surface area contributed by atoms with Crippen molar-refractivity contribution >= 4 is 44.4 Å². The number of aromatic nitrogens is 1. The fraction of sp³-hybridized carbons (Fsp3) is 0.226. The molecule has 0 radical (unpaired) electrons. The molecule has 3 aromatic carbocycles. The van der Waals surface area contributed by atoms with E-state index in [1.54, 1.807) is 47.5 Å². The summed E-state index contributed by atoms with van der Waals surface area (Å²) in [7, 11) is -3.88. The highest BCUT2D eigenvalue weighted by Crippen LogP contribution is 2.24. The van der Waals surface area contributed by atoms with E-state index in [0.717, 1.165) is 10.9 Å². The van der Waals surface area contributed by atoms with E-state index < -0.39 is 22.2 Å². The number of carbonyl (C=O) groups is 3. The van der Waals surface area contributed by atoms with Gasteiger partial charge >= 0.3 is 12.1 Å². The maximum atomic E-state index is 13.2. The first-order chi connectivity index (χ1) is 21.3. The van der Waals surface area contributed by atoms with Gasteiger partial charge in [-0.3, -0.25) is 19.3 Å².